The van der Waals surface area contributed by atoms with E-state index in [1.54, 1.807) is 0 Å². The lowest BCUT2D eigenvalue weighted by Crippen LogP contribution is -2.05. The molecule has 1 aromatic heterocycles. The first kappa shape index (κ1) is 26.8. The molecule has 6 aromatic rings. The highest BCUT2D eigenvalue weighted by molar-refractivity contribution is 6.09. The van der Waals surface area contributed by atoms with Crippen LogP contribution in [0.25, 0.3) is 32.4 Å². The predicted molar refractivity (Wildman–Crippen MR) is 160 cm³/mol. The van der Waals surface area contributed by atoms with Crippen LogP contribution in [0.3, 0.4) is 0 Å². The first-order valence-electron chi connectivity index (χ1n) is 13.9. The molecule has 0 aliphatic heterocycles. The minimum absolute atomic E-state index is 0.227. The molecule has 0 radical (unpaired) electrons. The molecule has 0 unspecified atom stereocenters. The number of alkyl halides is 3. The molecule has 0 atom stereocenters. The van der Waals surface area contributed by atoms with Crippen molar-refractivity contribution in [3.05, 3.63) is 131 Å². The van der Waals surface area contributed by atoms with Crippen molar-refractivity contribution >= 4 is 32.4 Å². The fourth-order valence-corrected chi connectivity index (χ4v) is 5.59. The van der Waals surface area contributed by atoms with Gasteiger partial charge in [-0.3, -0.25) is 4.98 Å². The molecule has 0 N–H and O–H groups in total. The topological polar surface area (TPSA) is 22.1 Å². The molecular weight excluding hydrogens is 519 g/mol. The summed E-state index contributed by atoms with van der Waals surface area (Å²) in [5.41, 5.74) is 5.17. The van der Waals surface area contributed by atoms with E-state index in [4.69, 9.17) is 4.74 Å². The van der Waals surface area contributed by atoms with Crippen LogP contribution < -0.4 is 4.74 Å². The van der Waals surface area contributed by atoms with E-state index < -0.39 is 11.7 Å². The minimum atomic E-state index is -4.32. The van der Waals surface area contributed by atoms with Gasteiger partial charge in [-0.15, -0.1) is 0 Å². The van der Waals surface area contributed by atoms with Gasteiger partial charge in [-0.2, -0.15) is 13.2 Å². The van der Waals surface area contributed by atoms with E-state index in [1.807, 2.05) is 43.3 Å². The van der Waals surface area contributed by atoms with Crippen molar-refractivity contribution in [1.29, 1.82) is 0 Å². The lowest BCUT2D eigenvalue weighted by Gasteiger charge is -2.19. The Kier molecular flexibility index (Phi) is 7.36. The van der Waals surface area contributed by atoms with Crippen LogP contribution in [0.2, 0.25) is 0 Å². The third-order valence-electron chi connectivity index (χ3n) is 7.74. The van der Waals surface area contributed by atoms with Crippen LogP contribution >= 0.6 is 0 Å². The second kappa shape index (κ2) is 11.2. The molecule has 0 bridgehead atoms. The summed E-state index contributed by atoms with van der Waals surface area (Å²) in [6.07, 6.45) is 0.513. The summed E-state index contributed by atoms with van der Waals surface area (Å²) in [6, 6.07) is 32.2. The number of ether oxygens (including phenoxy) is 1. The van der Waals surface area contributed by atoms with Crippen LogP contribution in [0.4, 0.5) is 13.2 Å². The molecule has 1 aliphatic carbocycles. The highest BCUT2D eigenvalue weighted by Gasteiger charge is 2.29. The number of rotatable bonds is 3. The van der Waals surface area contributed by atoms with Crippen molar-refractivity contribution in [2.45, 2.75) is 45.4 Å². The van der Waals surface area contributed by atoms with Gasteiger partial charge in [-0.25, -0.2) is 0 Å². The zero-order chi connectivity index (χ0) is 28.4. The molecule has 1 heterocycles. The fraction of sp³-hybridized carbons (Fsp3) is 0.194. The van der Waals surface area contributed by atoms with Gasteiger partial charge >= 0.3 is 6.18 Å². The van der Waals surface area contributed by atoms with Gasteiger partial charge < -0.3 is 4.74 Å². The molecular formula is C36H30F3NO. The summed E-state index contributed by atoms with van der Waals surface area (Å²) in [5.74, 6) is 0.708. The maximum atomic E-state index is 12.7. The van der Waals surface area contributed by atoms with Gasteiger partial charge in [0.15, 0.2) is 0 Å². The molecule has 41 heavy (non-hydrogen) atoms. The van der Waals surface area contributed by atoms with Gasteiger partial charge in [0.05, 0.1) is 11.1 Å². The van der Waals surface area contributed by atoms with Crippen molar-refractivity contribution < 1.29 is 17.9 Å². The first-order chi connectivity index (χ1) is 19.8. The summed E-state index contributed by atoms with van der Waals surface area (Å²) in [5, 5.41) is 6.12. The third kappa shape index (κ3) is 5.90. The van der Waals surface area contributed by atoms with Crippen LogP contribution in [0, 0.1) is 6.92 Å². The second-order valence-electron chi connectivity index (χ2n) is 10.6. The van der Waals surface area contributed by atoms with Gasteiger partial charge in [-0.1, -0.05) is 66.7 Å². The number of hydrogen-bond donors (Lipinski definition) is 0. The van der Waals surface area contributed by atoms with Crippen molar-refractivity contribution in [2.24, 2.45) is 0 Å². The van der Waals surface area contributed by atoms with E-state index >= 15 is 0 Å². The zero-order valence-electron chi connectivity index (χ0n) is 22.8. The lowest BCUT2D eigenvalue weighted by molar-refractivity contribution is -0.137. The minimum Gasteiger partial charge on any atom is -0.489 e. The Morgan fingerprint density at radius 3 is 2.27 bits per heavy atom. The Morgan fingerprint density at radius 1 is 0.707 bits per heavy atom. The van der Waals surface area contributed by atoms with Crippen LogP contribution in [0.1, 0.15) is 40.8 Å². The van der Waals surface area contributed by atoms with Crippen LogP contribution in [0.5, 0.6) is 5.75 Å². The maximum absolute atomic E-state index is 12.7. The number of aromatic nitrogens is 1. The van der Waals surface area contributed by atoms with Gasteiger partial charge in [0, 0.05) is 11.1 Å². The smallest absolute Gasteiger partial charge is 0.416 e. The Bertz CT molecular complexity index is 1840. The van der Waals surface area contributed by atoms with E-state index in [0.717, 1.165) is 35.2 Å². The lowest BCUT2D eigenvalue weighted by atomic mass is 9.86. The van der Waals surface area contributed by atoms with E-state index in [1.165, 1.54) is 64.1 Å². The summed E-state index contributed by atoms with van der Waals surface area (Å²) >= 11 is 0. The number of para-hydroxylation sites is 1. The monoisotopic (exact) mass is 549 g/mol. The quantitative estimate of drug-likeness (QED) is 0.205. The average Bonchev–Trinajstić information content (AvgIpc) is 2.99. The summed E-state index contributed by atoms with van der Waals surface area (Å²) in [6.45, 7) is 2.23. The highest BCUT2D eigenvalue weighted by atomic mass is 19.4. The van der Waals surface area contributed by atoms with Crippen molar-refractivity contribution in [1.82, 2.24) is 4.98 Å². The second-order valence-corrected chi connectivity index (χ2v) is 10.6. The molecule has 5 heteroatoms. The summed E-state index contributed by atoms with van der Waals surface area (Å²) in [4.78, 5) is 4.38. The molecule has 206 valence electrons. The van der Waals surface area contributed by atoms with Gasteiger partial charge in [-0.05, 0) is 107 Å². The van der Waals surface area contributed by atoms with E-state index in [0.29, 0.717) is 11.3 Å². The Balaban J connectivity index is 0.000000229. The number of benzene rings is 5. The zero-order valence-corrected chi connectivity index (χ0v) is 22.8. The number of aryl methyl sites for hydroxylation is 3. The predicted octanol–water partition coefficient (Wildman–Crippen LogP) is 10.0. The molecule has 0 saturated carbocycles. The maximum Gasteiger partial charge on any atom is 0.416 e. The van der Waals surface area contributed by atoms with Gasteiger partial charge in [0.2, 0.25) is 0 Å². The molecule has 0 amide bonds. The Morgan fingerprint density at radius 2 is 1.44 bits per heavy atom. The van der Waals surface area contributed by atoms with Crippen molar-refractivity contribution in [2.75, 3.05) is 0 Å². The van der Waals surface area contributed by atoms with Crippen molar-refractivity contribution in [3.8, 4) is 5.75 Å². The number of nitrogens with zero attached hydrogens (tertiary/aromatic N) is 1. The number of halogens is 3. The highest BCUT2D eigenvalue weighted by Crippen LogP contribution is 2.35. The molecule has 1 aliphatic rings. The largest absolute Gasteiger partial charge is 0.489 e. The standard InChI is InChI=1S/C26H21F3O.C10H9N/c27-26(28,29)20-9-5-17(6-10-20)16-30-21-11-14-23-19(15-21)8-13-24-22-4-2-1-3-18(22)7-12-25(23)24;1-8-6-7-9-4-2-3-5-10(9)11-8/h5-15H,1-4,16H2;2-7H,1H3. The van der Waals surface area contributed by atoms with E-state index in [2.05, 4.69) is 47.4 Å². The summed E-state index contributed by atoms with van der Waals surface area (Å²) < 4.78 is 43.9. The fourth-order valence-electron chi connectivity index (χ4n) is 5.59. The number of hydrogen-bond acceptors (Lipinski definition) is 2. The number of fused-ring (bicyclic) bond motifs is 6. The van der Waals surface area contributed by atoms with E-state index in [9.17, 15) is 13.2 Å². The molecule has 7 rings (SSSR count). The average molecular weight is 550 g/mol. The molecule has 2 nitrogen and oxygen atoms in total. The van der Waals surface area contributed by atoms with Crippen LogP contribution in [-0.4, -0.2) is 4.98 Å². The molecule has 0 saturated heterocycles. The van der Waals surface area contributed by atoms with Crippen LogP contribution in [-0.2, 0) is 25.6 Å². The van der Waals surface area contributed by atoms with E-state index in [-0.39, 0.29) is 6.61 Å². The summed E-state index contributed by atoms with van der Waals surface area (Å²) in [7, 11) is 0. The Hall–Kier alpha value is -4.38. The van der Waals surface area contributed by atoms with Crippen LogP contribution in [0.15, 0.2) is 103 Å². The SMILES string of the molecule is Cc1ccc2ccccc2n1.FC(F)(F)c1ccc(COc2ccc3c(ccc4c5c(ccc43)CCCC5)c2)cc1. The molecule has 5 aromatic carbocycles. The molecule has 0 spiro atoms. The van der Waals surface area contributed by atoms with Crippen molar-refractivity contribution in [3.63, 3.8) is 0 Å². The third-order valence-corrected chi connectivity index (χ3v) is 7.74. The van der Waals surface area contributed by atoms with Gasteiger partial charge in [0.25, 0.3) is 0 Å². The Labute approximate surface area is 237 Å². The number of pyridine rings is 1. The van der Waals surface area contributed by atoms with Gasteiger partial charge in [0.1, 0.15) is 12.4 Å². The first-order valence-corrected chi connectivity index (χ1v) is 13.9. The normalized spacial score (nSPS) is 13.1. The molecule has 0 fully saturated rings.